The molecule has 14 nitrogen and oxygen atoms in total. The minimum absolute atomic E-state index is 0.0980. The quantitative estimate of drug-likeness (QED) is 0.0602. The summed E-state index contributed by atoms with van der Waals surface area (Å²) in [4.78, 5) is 61.3. The Morgan fingerprint density at radius 2 is 1.79 bits per heavy atom. The number of thioether (sulfide) groups is 1. The summed E-state index contributed by atoms with van der Waals surface area (Å²) in [5.74, 6) is -2.74. The van der Waals surface area contributed by atoms with E-state index in [1.807, 2.05) is 13.2 Å². The second kappa shape index (κ2) is 17.2. The first-order chi connectivity index (χ1) is 18.0. The van der Waals surface area contributed by atoms with Gasteiger partial charge in [0.05, 0.1) is 12.4 Å². The summed E-state index contributed by atoms with van der Waals surface area (Å²) in [7, 11) is 0. The Morgan fingerprint density at radius 1 is 1.11 bits per heavy atom. The first-order valence-corrected chi connectivity index (χ1v) is 13.8. The molecule has 0 saturated heterocycles. The summed E-state index contributed by atoms with van der Waals surface area (Å²) in [6.07, 6.45) is 6.37. The van der Waals surface area contributed by atoms with Crippen LogP contribution < -0.4 is 33.2 Å². The Kier molecular flexibility index (Phi) is 14.8. The van der Waals surface area contributed by atoms with Gasteiger partial charge in [0.25, 0.3) is 0 Å². The molecule has 0 fully saturated rings. The maximum atomic E-state index is 13.3. The van der Waals surface area contributed by atoms with Crippen LogP contribution in [-0.4, -0.2) is 87.4 Å². The third kappa shape index (κ3) is 11.8. The number of hydrogen-bond donors (Lipinski definition) is 8. The van der Waals surface area contributed by atoms with Gasteiger partial charge in [-0.2, -0.15) is 11.8 Å². The fourth-order valence-electron chi connectivity index (χ4n) is 3.49. The second-order valence-electron chi connectivity index (χ2n) is 8.95. The molecule has 0 spiro atoms. The molecule has 0 bridgehead atoms. The number of nitrogens with zero attached hydrogens (tertiary/aromatic N) is 2. The predicted octanol–water partition coefficient (Wildman–Crippen LogP) is -1.33. The van der Waals surface area contributed by atoms with E-state index in [2.05, 4.69) is 30.9 Å². The maximum absolute atomic E-state index is 13.3. The Hall–Kier alpha value is -3.33. The molecule has 0 aliphatic carbocycles. The van der Waals surface area contributed by atoms with Gasteiger partial charge in [0.1, 0.15) is 18.1 Å². The van der Waals surface area contributed by atoms with Gasteiger partial charge in [-0.15, -0.1) is 0 Å². The molecule has 214 valence electrons. The van der Waals surface area contributed by atoms with Gasteiger partial charge in [-0.25, -0.2) is 9.78 Å². The number of carboxylic acid groups (broad SMARTS) is 1. The number of aromatic amines is 1. The largest absolute Gasteiger partial charge is 0.480 e. The van der Waals surface area contributed by atoms with Crippen molar-refractivity contribution >= 4 is 41.4 Å². The number of amides is 3. The summed E-state index contributed by atoms with van der Waals surface area (Å²) in [6.45, 7) is 3.89. The van der Waals surface area contributed by atoms with E-state index in [1.165, 1.54) is 18.1 Å². The number of aliphatic carboxylic acids is 1. The highest BCUT2D eigenvalue weighted by molar-refractivity contribution is 7.98. The molecule has 1 aromatic rings. The summed E-state index contributed by atoms with van der Waals surface area (Å²) in [6, 6.07) is -4.05. The highest BCUT2D eigenvalue weighted by Gasteiger charge is 2.32. The molecule has 5 unspecified atom stereocenters. The molecular weight excluding hydrogens is 514 g/mol. The average Bonchev–Trinajstić information content (AvgIpc) is 3.38. The fraction of sp³-hybridized carbons (Fsp3) is 0.652. The van der Waals surface area contributed by atoms with Crippen LogP contribution >= 0.6 is 11.8 Å². The van der Waals surface area contributed by atoms with Crippen LogP contribution in [0.5, 0.6) is 0 Å². The first kappa shape index (κ1) is 32.7. The van der Waals surface area contributed by atoms with Crippen molar-refractivity contribution in [3.63, 3.8) is 0 Å². The lowest BCUT2D eigenvalue weighted by Crippen LogP contribution is -2.58. The van der Waals surface area contributed by atoms with Gasteiger partial charge < -0.3 is 43.2 Å². The molecule has 15 heteroatoms. The van der Waals surface area contributed by atoms with Crippen molar-refractivity contribution in [2.24, 2.45) is 28.1 Å². The maximum Gasteiger partial charge on any atom is 0.326 e. The van der Waals surface area contributed by atoms with Gasteiger partial charge in [-0.3, -0.25) is 19.4 Å². The van der Waals surface area contributed by atoms with Crippen molar-refractivity contribution in [2.45, 2.75) is 70.1 Å². The number of hydrogen-bond acceptors (Lipinski definition) is 8. The number of aromatic nitrogens is 2. The van der Waals surface area contributed by atoms with Crippen LogP contribution in [0.1, 0.15) is 45.2 Å². The number of H-pyrrole nitrogens is 1. The predicted molar refractivity (Wildman–Crippen MR) is 146 cm³/mol. The number of carbonyl (C=O) groups is 4. The van der Waals surface area contributed by atoms with Crippen LogP contribution in [0.2, 0.25) is 0 Å². The number of carbonyl (C=O) groups excluding carboxylic acids is 3. The number of aliphatic imine (C=N–C) groups is 1. The molecule has 1 heterocycles. The Bertz CT molecular complexity index is 924. The van der Waals surface area contributed by atoms with E-state index in [-0.39, 0.29) is 37.7 Å². The van der Waals surface area contributed by atoms with Gasteiger partial charge >= 0.3 is 5.97 Å². The molecule has 0 radical (unpaired) electrons. The zero-order chi connectivity index (χ0) is 28.7. The van der Waals surface area contributed by atoms with E-state index < -0.39 is 47.9 Å². The highest BCUT2D eigenvalue weighted by atomic mass is 32.2. The van der Waals surface area contributed by atoms with Crippen LogP contribution in [0, 0.1) is 5.92 Å². The molecule has 5 atom stereocenters. The van der Waals surface area contributed by atoms with Gasteiger partial charge in [0.2, 0.25) is 17.7 Å². The molecule has 11 N–H and O–H groups in total. The Morgan fingerprint density at radius 3 is 2.34 bits per heavy atom. The number of nitrogens with one attached hydrogen (secondary N) is 4. The van der Waals surface area contributed by atoms with E-state index >= 15 is 0 Å². The molecule has 0 aliphatic heterocycles. The average molecular weight is 556 g/mol. The lowest BCUT2D eigenvalue weighted by molar-refractivity contribution is -0.142. The Labute approximate surface area is 226 Å². The topological polar surface area (TPSA) is 244 Å². The molecular formula is C23H41N9O5S. The zero-order valence-corrected chi connectivity index (χ0v) is 22.9. The van der Waals surface area contributed by atoms with Gasteiger partial charge in [-0.05, 0) is 37.2 Å². The summed E-state index contributed by atoms with van der Waals surface area (Å²) in [5.41, 5.74) is 17.3. The van der Waals surface area contributed by atoms with Crippen molar-refractivity contribution in [3.05, 3.63) is 18.2 Å². The molecule has 0 aromatic carbocycles. The molecule has 0 aliphatic rings. The van der Waals surface area contributed by atoms with Crippen molar-refractivity contribution in [3.8, 4) is 0 Å². The van der Waals surface area contributed by atoms with Gasteiger partial charge in [0, 0.05) is 24.9 Å². The summed E-state index contributed by atoms with van der Waals surface area (Å²) < 4.78 is 0. The molecule has 1 rings (SSSR count). The SMILES string of the molecule is CCC(C)C(NC(=O)C(N)Cc1cnc[nH]1)C(=O)NC(CCSC)C(=O)NC(CCCN=C(N)N)C(=O)O. The van der Waals surface area contributed by atoms with Crippen molar-refractivity contribution in [1.29, 1.82) is 0 Å². The summed E-state index contributed by atoms with van der Waals surface area (Å²) >= 11 is 1.47. The minimum atomic E-state index is -1.21. The first-order valence-electron chi connectivity index (χ1n) is 12.4. The standard InChI is InChI=1S/C23H41N9O5S/c1-4-13(2)18(32-19(33)15(24)10-14-11-27-12-29-14)21(35)30-16(7-9-38-3)20(34)31-17(22(36)37)6-5-8-28-23(25)26/h11-13,15-18H,4-10,24H2,1-3H3,(H,27,29)(H,30,35)(H,31,34)(H,32,33)(H,36,37)(H4,25,26,28). The van der Waals surface area contributed by atoms with E-state index in [1.54, 1.807) is 13.1 Å². The normalized spacial score (nSPS) is 14.8. The highest BCUT2D eigenvalue weighted by Crippen LogP contribution is 2.11. The van der Waals surface area contributed by atoms with E-state index in [4.69, 9.17) is 17.2 Å². The van der Waals surface area contributed by atoms with Gasteiger partial charge in [0.15, 0.2) is 5.96 Å². The molecule has 38 heavy (non-hydrogen) atoms. The number of rotatable bonds is 18. The number of imidazole rings is 1. The van der Waals surface area contributed by atoms with Crippen LogP contribution in [0.3, 0.4) is 0 Å². The van der Waals surface area contributed by atoms with E-state index in [0.29, 0.717) is 24.3 Å². The monoisotopic (exact) mass is 555 g/mol. The minimum Gasteiger partial charge on any atom is -0.480 e. The van der Waals surface area contributed by atoms with Crippen LogP contribution in [-0.2, 0) is 25.6 Å². The molecule has 3 amide bonds. The van der Waals surface area contributed by atoms with E-state index in [9.17, 15) is 24.3 Å². The molecule has 0 saturated carbocycles. The fourth-order valence-corrected chi connectivity index (χ4v) is 3.96. The van der Waals surface area contributed by atoms with Crippen LogP contribution in [0.25, 0.3) is 0 Å². The van der Waals surface area contributed by atoms with Gasteiger partial charge in [-0.1, -0.05) is 20.3 Å². The lowest BCUT2D eigenvalue weighted by Gasteiger charge is -2.28. The zero-order valence-electron chi connectivity index (χ0n) is 22.1. The smallest absolute Gasteiger partial charge is 0.326 e. The number of carboxylic acids is 1. The lowest BCUT2D eigenvalue weighted by atomic mass is 9.97. The van der Waals surface area contributed by atoms with Crippen molar-refractivity contribution < 1.29 is 24.3 Å². The number of nitrogens with two attached hydrogens (primary N) is 3. The van der Waals surface area contributed by atoms with E-state index in [0.717, 1.165) is 0 Å². The van der Waals surface area contributed by atoms with Crippen molar-refractivity contribution in [1.82, 2.24) is 25.9 Å². The number of guanidine groups is 1. The third-order valence-electron chi connectivity index (χ3n) is 5.93. The van der Waals surface area contributed by atoms with Crippen molar-refractivity contribution in [2.75, 3.05) is 18.6 Å². The third-order valence-corrected chi connectivity index (χ3v) is 6.57. The molecule has 1 aromatic heterocycles. The van der Waals surface area contributed by atoms with Crippen LogP contribution in [0.15, 0.2) is 17.5 Å². The second-order valence-corrected chi connectivity index (χ2v) is 9.94. The van der Waals surface area contributed by atoms with Crippen LogP contribution in [0.4, 0.5) is 0 Å². The summed E-state index contributed by atoms with van der Waals surface area (Å²) in [5, 5.41) is 17.5. The Balaban J connectivity index is 2.91.